The first-order chi connectivity index (χ1) is 23.5. The molecule has 49 heavy (non-hydrogen) atoms. The van der Waals surface area contributed by atoms with Gasteiger partial charge in [0, 0.05) is 35.4 Å². The molecule has 0 N–H and O–H groups in total. The van der Waals surface area contributed by atoms with Crippen LogP contribution < -0.4 is 0 Å². The molecule has 256 valence electrons. The summed E-state index contributed by atoms with van der Waals surface area (Å²) < 4.78 is 16.5. The maximum absolute atomic E-state index is 11.4. The summed E-state index contributed by atoms with van der Waals surface area (Å²) in [6.45, 7) is 4.09. The molecule has 0 amide bonds. The van der Waals surface area contributed by atoms with Gasteiger partial charge in [-0.3, -0.25) is 4.79 Å². The molecule has 6 rings (SSSR count). The van der Waals surface area contributed by atoms with E-state index in [0.717, 1.165) is 63.9 Å². The number of carbonyl (C=O) groups excluding carboxylic acids is 1. The molecule has 0 aliphatic carbocycles. The van der Waals surface area contributed by atoms with Gasteiger partial charge in [0.25, 0.3) is 0 Å². The van der Waals surface area contributed by atoms with E-state index in [2.05, 4.69) is 49.9 Å². The van der Waals surface area contributed by atoms with Crippen LogP contribution in [0.4, 0.5) is 0 Å². The first-order valence-corrected chi connectivity index (χ1v) is 19.4. The molecule has 0 spiro atoms. The normalized spacial score (nSPS) is 11.2. The molecule has 0 bridgehead atoms. The first-order valence-electron chi connectivity index (χ1n) is 14.7. The topological polar surface area (TPSA) is 71.2 Å². The van der Waals surface area contributed by atoms with E-state index in [0.29, 0.717) is 37.9 Å². The lowest BCUT2D eigenvalue weighted by Crippen LogP contribution is -2.07. The molecule has 0 unspecified atom stereocenters. The van der Waals surface area contributed by atoms with Crippen LogP contribution in [0.2, 0.25) is 20.1 Å². The van der Waals surface area contributed by atoms with Gasteiger partial charge < -0.3 is 9.47 Å². The fraction of sp³-hybridized carbons (Fsp3) is 0.206. The highest BCUT2D eigenvalue weighted by atomic mass is 79.9. The SMILES string of the molecule is CCc1c(C(OC)OC)nn(-c2ccc(Cl)cc2Cl)c1-c1ccc(Br)s1.CCc1c(C=O)nn(-c2ccc(Cl)cc2Cl)c1-c1ccc(Br)s1. The highest BCUT2D eigenvalue weighted by Crippen LogP contribution is 2.40. The Kier molecular flexibility index (Phi) is 13.2. The van der Waals surface area contributed by atoms with Gasteiger partial charge in [0.2, 0.25) is 6.29 Å². The summed E-state index contributed by atoms with van der Waals surface area (Å²) in [5.74, 6) is 0. The Hall–Kier alpha value is -2.03. The number of ether oxygens (including phenoxy) is 2. The largest absolute Gasteiger partial charge is 0.350 e. The number of hydrogen-bond acceptors (Lipinski definition) is 7. The number of aromatic nitrogens is 4. The molecular formula is C34H28Br2Cl4N4O3S2. The number of methoxy groups -OCH3 is 2. The lowest BCUT2D eigenvalue weighted by molar-refractivity contribution is -0.109. The molecule has 7 nitrogen and oxygen atoms in total. The van der Waals surface area contributed by atoms with Crippen LogP contribution in [0, 0.1) is 0 Å². The smallest absolute Gasteiger partial charge is 0.202 e. The predicted octanol–water partition coefficient (Wildman–Crippen LogP) is 12.6. The van der Waals surface area contributed by atoms with Gasteiger partial charge in [-0.1, -0.05) is 60.3 Å². The molecule has 0 saturated heterocycles. The standard InChI is InChI=1S/C18H17BrCl2N2O2S.C16H11BrCl2N2OS/c1-4-11-16(18(24-2)25-3)22-23(13-6-5-10(20)9-12(13)21)17(11)14-7-8-15(19)26-14;1-2-10-12(8-22)20-21(13-4-3-9(18)7-11(13)19)16(10)14-5-6-15(17)23-14/h5-9,18H,4H2,1-3H3;3-8H,2H2,1H3. The van der Waals surface area contributed by atoms with Crippen molar-refractivity contribution >= 4 is 107 Å². The van der Waals surface area contributed by atoms with E-state index in [-0.39, 0.29) is 0 Å². The molecule has 0 atom stereocenters. The van der Waals surface area contributed by atoms with E-state index in [9.17, 15) is 4.79 Å². The van der Waals surface area contributed by atoms with Crippen molar-refractivity contribution in [3.05, 3.63) is 111 Å². The van der Waals surface area contributed by atoms with Crippen molar-refractivity contribution in [1.82, 2.24) is 19.6 Å². The third kappa shape index (κ3) is 8.22. The number of rotatable bonds is 10. The van der Waals surface area contributed by atoms with Crippen LogP contribution in [-0.4, -0.2) is 40.1 Å². The van der Waals surface area contributed by atoms with Gasteiger partial charge in [0.05, 0.1) is 50.1 Å². The third-order valence-electron chi connectivity index (χ3n) is 7.39. The summed E-state index contributed by atoms with van der Waals surface area (Å²) in [4.78, 5) is 13.5. The average Bonchev–Trinajstić information content (AvgIpc) is 3.86. The fourth-order valence-electron chi connectivity index (χ4n) is 5.28. The minimum Gasteiger partial charge on any atom is -0.350 e. The lowest BCUT2D eigenvalue weighted by atomic mass is 10.1. The molecule has 15 heteroatoms. The summed E-state index contributed by atoms with van der Waals surface area (Å²) in [6, 6.07) is 18.6. The summed E-state index contributed by atoms with van der Waals surface area (Å²) >= 11 is 35.1. The van der Waals surface area contributed by atoms with Crippen LogP contribution in [0.3, 0.4) is 0 Å². The molecule has 0 aliphatic heterocycles. The van der Waals surface area contributed by atoms with Gasteiger partial charge in [0.15, 0.2) is 6.29 Å². The van der Waals surface area contributed by atoms with E-state index in [1.165, 1.54) is 0 Å². The van der Waals surface area contributed by atoms with Crippen LogP contribution in [0.15, 0.2) is 68.2 Å². The van der Waals surface area contributed by atoms with Crippen molar-refractivity contribution in [1.29, 1.82) is 0 Å². The van der Waals surface area contributed by atoms with Crippen molar-refractivity contribution in [2.45, 2.75) is 33.0 Å². The summed E-state index contributed by atoms with van der Waals surface area (Å²) in [6.07, 6.45) is 1.70. The molecule has 0 saturated carbocycles. The van der Waals surface area contributed by atoms with Crippen molar-refractivity contribution in [3.63, 3.8) is 0 Å². The molecule has 2 aromatic carbocycles. The van der Waals surface area contributed by atoms with Gasteiger partial charge in [-0.25, -0.2) is 9.36 Å². The van der Waals surface area contributed by atoms with Crippen LogP contribution in [0.25, 0.3) is 32.5 Å². The van der Waals surface area contributed by atoms with E-state index < -0.39 is 6.29 Å². The number of benzene rings is 2. The number of halogens is 6. The van der Waals surface area contributed by atoms with E-state index in [1.807, 2.05) is 35.9 Å². The highest BCUT2D eigenvalue weighted by molar-refractivity contribution is 9.11. The Bertz CT molecular complexity index is 2110. The number of nitrogens with zero attached hydrogens (tertiary/aromatic N) is 4. The van der Waals surface area contributed by atoms with Crippen LogP contribution in [0.1, 0.15) is 47.4 Å². The second kappa shape index (κ2) is 17.0. The average molecular weight is 906 g/mol. The third-order valence-corrected chi connectivity index (χ3v) is 11.7. The van der Waals surface area contributed by atoms with Gasteiger partial charge in [-0.15, -0.1) is 22.7 Å². The zero-order valence-electron chi connectivity index (χ0n) is 26.4. The van der Waals surface area contributed by atoms with Crippen molar-refractivity contribution in [2.75, 3.05) is 14.2 Å². The minimum atomic E-state index is -0.556. The Morgan fingerprint density at radius 3 is 1.59 bits per heavy atom. The first kappa shape index (κ1) is 38.2. The van der Waals surface area contributed by atoms with Crippen LogP contribution >= 0.6 is 101 Å². The lowest BCUT2D eigenvalue weighted by Gasteiger charge is -2.12. The number of thiophene rings is 2. The van der Waals surface area contributed by atoms with Crippen molar-refractivity contribution < 1.29 is 14.3 Å². The fourth-order valence-corrected chi connectivity index (χ4v) is 9.14. The maximum atomic E-state index is 11.4. The summed E-state index contributed by atoms with van der Waals surface area (Å²) in [7, 11) is 3.20. The monoisotopic (exact) mass is 902 g/mol. The van der Waals surface area contributed by atoms with E-state index in [4.69, 9.17) is 61.0 Å². The molecule has 4 heterocycles. The van der Waals surface area contributed by atoms with Crippen molar-refractivity contribution in [2.24, 2.45) is 0 Å². The molecular weight excluding hydrogens is 878 g/mol. The van der Waals surface area contributed by atoms with Gasteiger partial charge in [-0.2, -0.15) is 10.2 Å². The second-order valence-corrected chi connectivity index (χ2v) is 16.9. The second-order valence-electron chi connectivity index (χ2n) is 10.3. The van der Waals surface area contributed by atoms with Crippen molar-refractivity contribution in [3.8, 4) is 32.5 Å². The molecule has 6 aromatic rings. The zero-order chi connectivity index (χ0) is 35.4. The number of carbonyl (C=O) groups is 1. The van der Waals surface area contributed by atoms with Gasteiger partial charge in [0.1, 0.15) is 11.4 Å². The Labute approximate surface area is 328 Å². The molecule has 0 radical (unpaired) electrons. The van der Waals surface area contributed by atoms with Crippen LogP contribution in [-0.2, 0) is 22.3 Å². The Balaban J connectivity index is 0.000000192. The molecule has 0 aliphatic rings. The molecule has 0 fully saturated rings. The molecule has 4 aromatic heterocycles. The highest BCUT2D eigenvalue weighted by Gasteiger charge is 2.27. The van der Waals surface area contributed by atoms with Crippen LogP contribution in [0.5, 0.6) is 0 Å². The maximum Gasteiger partial charge on any atom is 0.202 e. The quantitative estimate of drug-likeness (QED) is 0.101. The summed E-state index contributed by atoms with van der Waals surface area (Å²) in [5.41, 5.74) is 6.43. The summed E-state index contributed by atoms with van der Waals surface area (Å²) in [5, 5.41) is 11.4. The van der Waals surface area contributed by atoms with Gasteiger partial charge >= 0.3 is 0 Å². The number of aldehydes is 1. The Morgan fingerprint density at radius 2 is 1.20 bits per heavy atom. The number of hydrogen-bond donors (Lipinski definition) is 0. The van der Waals surface area contributed by atoms with E-state index in [1.54, 1.807) is 71.9 Å². The minimum absolute atomic E-state index is 0.429. The Morgan fingerprint density at radius 1 is 0.735 bits per heavy atom. The van der Waals surface area contributed by atoms with E-state index >= 15 is 0 Å². The predicted molar refractivity (Wildman–Crippen MR) is 210 cm³/mol. The van der Waals surface area contributed by atoms with Gasteiger partial charge in [-0.05, 0) is 105 Å². The zero-order valence-corrected chi connectivity index (χ0v) is 34.3.